The van der Waals surface area contributed by atoms with Crippen LogP contribution in [0.15, 0.2) is 12.3 Å². The molecular formula is C14H17FN2O3. The molecule has 0 spiro atoms. The Kier molecular flexibility index (Phi) is 3.41. The fourth-order valence-corrected chi connectivity index (χ4v) is 2.04. The van der Waals surface area contributed by atoms with Crippen LogP contribution in [-0.4, -0.2) is 27.1 Å². The summed E-state index contributed by atoms with van der Waals surface area (Å²) < 4.78 is 19.9. The van der Waals surface area contributed by atoms with Crippen LogP contribution in [0.2, 0.25) is 0 Å². The molecule has 0 atom stereocenters. The van der Waals surface area contributed by atoms with Crippen molar-refractivity contribution in [2.75, 3.05) is 6.61 Å². The molecule has 0 saturated carbocycles. The number of aromatic hydroxyl groups is 1. The molecule has 1 N–H and O–H groups in total. The van der Waals surface area contributed by atoms with Crippen molar-refractivity contribution in [1.29, 1.82) is 0 Å². The molecule has 2 heterocycles. The van der Waals surface area contributed by atoms with Gasteiger partial charge in [0.05, 0.1) is 6.61 Å². The van der Waals surface area contributed by atoms with Crippen LogP contribution < -0.4 is 0 Å². The topological polar surface area (TPSA) is 63.8 Å². The van der Waals surface area contributed by atoms with Gasteiger partial charge < -0.3 is 9.84 Å². The van der Waals surface area contributed by atoms with Gasteiger partial charge in [0.1, 0.15) is 11.5 Å². The van der Waals surface area contributed by atoms with E-state index in [1.165, 1.54) is 10.5 Å². The van der Waals surface area contributed by atoms with Gasteiger partial charge in [0.25, 0.3) is 0 Å². The van der Waals surface area contributed by atoms with E-state index in [-0.39, 0.29) is 17.7 Å². The van der Waals surface area contributed by atoms with Gasteiger partial charge in [0.2, 0.25) is 5.88 Å². The van der Waals surface area contributed by atoms with Crippen molar-refractivity contribution in [2.45, 2.75) is 33.1 Å². The Bertz CT molecular complexity index is 671. The molecule has 5 nitrogen and oxygen atoms in total. The summed E-state index contributed by atoms with van der Waals surface area (Å²) in [5.74, 6) is -1.70. The molecule has 0 radical (unpaired) electrons. The van der Waals surface area contributed by atoms with Crippen LogP contribution in [0.5, 0.6) is 5.88 Å². The highest BCUT2D eigenvalue weighted by Crippen LogP contribution is 2.30. The highest BCUT2D eigenvalue weighted by Gasteiger charge is 2.26. The van der Waals surface area contributed by atoms with E-state index in [4.69, 9.17) is 4.74 Å². The van der Waals surface area contributed by atoms with E-state index in [2.05, 4.69) is 4.98 Å². The third kappa shape index (κ3) is 2.33. The second-order valence-corrected chi connectivity index (χ2v) is 5.52. The van der Waals surface area contributed by atoms with Gasteiger partial charge in [-0.25, -0.2) is 9.18 Å². The largest absolute Gasteiger partial charge is 0.492 e. The van der Waals surface area contributed by atoms with Crippen molar-refractivity contribution >= 4 is 11.6 Å². The molecule has 0 aromatic carbocycles. The average molecular weight is 280 g/mol. The lowest BCUT2D eigenvalue weighted by molar-refractivity contribution is 0.0514. The van der Waals surface area contributed by atoms with E-state index in [0.29, 0.717) is 11.2 Å². The molecule has 0 aliphatic heterocycles. The van der Waals surface area contributed by atoms with Crippen molar-refractivity contribution in [3.8, 4) is 5.88 Å². The summed E-state index contributed by atoms with van der Waals surface area (Å²) >= 11 is 0. The maximum absolute atomic E-state index is 13.8. The van der Waals surface area contributed by atoms with Crippen molar-refractivity contribution in [3.63, 3.8) is 0 Å². The van der Waals surface area contributed by atoms with Gasteiger partial charge in [-0.15, -0.1) is 0 Å². The summed E-state index contributed by atoms with van der Waals surface area (Å²) in [4.78, 5) is 15.8. The van der Waals surface area contributed by atoms with Gasteiger partial charge in [-0.05, 0) is 18.4 Å². The lowest BCUT2D eigenvalue weighted by Crippen LogP contribution is -2.15. The van der Waals surface area contributed by atoms with Crippen LogP contribution in [0.1, 0.15) is 43.7 Å². The number of ether oxygens (including phenoxy) is 1. The number of carbonyl (C=O) groups is 1. The predicted octanol–water partition coefficient (Wildman–Crippen LogP) is 2.65. The van der Waals surface area contributed by atoms with Crippen LogP contribution in [0.25, 0.3) is 5.65 Å². The molecule has 0 aliphatic rings. The van der Waals surface area contributed by atoms with Crippen molar-refractivity contribution in [1.82, 2.24) is 9.38 Å². The quantitative estimate of drug-likeness (QED) is 0.859. The number of nitrogens with zero attached hydrogens (tertiary/aromatic N) is 2. The van der Waals surface area contributed by atoms with E-state index in [1.54, 1.807) is 6.92 Å². The van der Waals surface area contributed by atoms with E-state index >= 15 is 0 Å². The Morgan fingerprint density at radius 1 is 1.50 bits per heavy atom. The molecule has 2 aromatic heterocycles. The summed E-state index contributed by atoms with van der Waals surface area (Å²) in [6.45, 7) is 7.51. The maximum Gasteiger partial charge on any atom is 0.361 e. The number of fused-ring (bicyclic) bond motifs is 1. The molecule has 0 fully saturated rings. The van der Waals surface area contributed by atoms with Gasteiger partial charge in [0, 0.05) is 11.8 Å². The van der Waals surface area contributed by atoms with E-state index < -0.39 is 17.7 Å². The number of pyridine rings is 1. The summed E-state index contributed by atoms with van der Waals surface area (Å²) in [6.07, 6.45) is 1.11. The predicted molar refractivity (Wildman–Crippen MR) is 71.5 cm³/mol. The Morgan fingerprint density at radius 2 is 2.15 bits per heavy atom. The molecule has 0 aliphatic carbocycles. The monoisotopic (exact) mass is 280 g/mol. The highest BCUT2D eigenvalue weighted by molar-refractivity contribution is 5.91. The van der Waals surface area contributed by atoms with Crippen molar-refractivity contribution in [2.24, 2.45) is 0 Å². The van der Waals surface area contributed by atoms with Crippen LogP contribution in [0, 0.1) is 5.82 Å². The molecule has 108 valence electrons. The van der Waals surface area contributed by atoms with Crippen LogP contribution in [0.3, 0.4) is 0 Å². The first-order chi connectivity index (χ1) is 9.25. The minimum Gasteiger partial charge on any atom is -0.492 e. The van der Waals surface area contributed by atoms with Crippen molar-refractivity contribution in [3.05, 3.63) is 29.3 Å². The molecule has 0 amide bonds. The number of rotatable bonds is 2. The Balaban J connectivity index is 2.77. The zero-order valence-electron chi connectivity index (χ0n) is 11.9. The van der Waals surface area contributed by atoms with Crippen LogP contribution >= 0.6 is 0 Å². The lowest BCUT2D eigenvalue weighted by Gasteiger charge is -2.19. The zero-order chi connectivity index (χ0) is 15.1. The van der Waals surface area contributed by atoms with E-state index in [1.807, 2.05) is 20.8 Å². The summed E-state index contributed by atoms with van der Waals surface area (Å²) in [5.41, 5.74) is 0.405. The third-order valence-electron chi connectivity index (χ3n) is 2.95. The van der Waals surface area contributed by atoms with Crippen LogP contribution in [-0.2, 0) is 10.2 Å². The first kappa shape index (κ1) is 14.3. The van der Waals surface area contributed by atoms with Gasteiger partial charge in [-0.1, -0.05) is 20.8 Å². The number of hydrogen-bond acceptors (Lipinski definition) is 4. The van der Waals surface area contributed by atoms with E-state index in [9.17, 15) is 14.3 Å². The van der Waals surface area contributed by atoms with Crippen molar-refractivity contribution < 1.29 is 19.0 Å². The number of hydrogen-bond donors (Lipinski definition) is 1. The van der Waals surface area contributed by atoms with Gasteiger partial charge >= 0.3 is 5.97 Å². The highest BCUT2D eigenvalue weighted by atomic mass is 19.1. The molecule has 20 heavy (non-hydrogen) atoms. The average Bonchev–Trinajstić information content (AvgIpc) is 2.63. The fraction of sp³-hybridized carbons (Fsp3) is 0.429. The van der Waals surface area contributed by atoms with Crippen LogP contribution in [0.4, 0.5) is 4.39 Å². The number of aromatic nitrogens is 2. The number of halogens is 1. The molecule has 0 bridgehead atoms. The standard InChI is InChI=1S/C14H17FN2O3/c1-5-20-13(19)10-12(18)16-11-9(14(2,3)4)6-8(15)7-17(10)11/h6-7,18H,5H2,1-4H3. The zero-order valence-corrected chi connectivity index (χ0v) is 11.9. The second kappa shape index (κ2) is 4.77. The first-order valence-electron chi connectivity index (χ1n) is 6.34. The Morgan fingerprint density at radius 3 is 2.70 bits per heavy atom. The molecule has 6 heteroatoms. The Hall–Kier alpha value is -2.11. The normalized spacial score (nSPS) is 11.8. The second-order valence-electron chi connectivity index (χ2n) is 5.52. The van der Waals surface area contributed by atoms with Gasteiger partial charge in [-0.2, -0.15) is 4.98 Å². The number of imidazole rings is 1. The Labute approximate surface area is 116 Å². The molecule has 2 rings (SSSR count). The summed E-state index contributed by atoms with van der Waals surface area (Å²) in [5, 5.41) is 9.86. The minimum absolute atomic E-state index is 0.160. The summed E-state index contributed by atoms with van der Waals surface area (Å²) in [6, 6.07) is 1.36. The number of carbonyl (C=O) groups excluding carboxylic acids is 1. The summed E-state index contributed by atoms with van der Waals surface area (Å²) in [7, 11) is 0. The molecule has 0 unspecified atom stereocenters. The first-order valence-corrected chi connectivity index (χ1v) is 6.34. The molecule has 2 aromatic rings. The maximum atomic E-state index is 13.8. The third-order valence-corrected chi connectivity index (χ3v) is 2.95. The van der Waals surface area contributed by atoms with Gasteiger partial charge in [-0.3, -0.25) is 4.40 Å². The number of esters is 1. The smallest absolute Gasteiger partial charge is 0.361 e. The SMILES string of the molecule is CCOC(=O)c1c(O)nc2c(C(C)(C)C)cc(F)cn12. The lowest BCUT2D eigenvalue weighted by atomic mass is 9.88. The molecule has 0 saturated heterocycles. The fourth-order valence-electron chi connectivity index (χ4n) is 2.04. The van der Waals surface area contributed by atoms with Gasteiger partial charge in [0.15, 0.2) is 5.69 Å². The molecular weight excluding hydrogens is 263 g/mol. The minimum atomic E-state index is -0.733. The van der Waals surface area contributed by atoms with E-state index in [0.717, 1.165) is 6.20 Å².